The molecule has 0 aromatic heterocycles. The first-order chi connectivity index (χ1) is 9.42. The summed E-state index contributed by atoms with van der Waals surface area (Å²) >= 11 is 0. The van der Waals surface area contributed by atoms with Gasteiger partial charge in [0.05, 0.1) is 4.90 Å². The van der Waals surface area contributed by atoms with E-state index in [1.807, 2.05) is 0 Å². The third kappa shape index (κ3) is 3.14. The maximum atomic E-state index is 12.1. The molecule has 1 atom stereocenters. The fraction of sp³-hybridized carbons (Fsp3) is 0.333. The number of hydrogen-bond donors (Lipinski definition) is 3. The summed E-state index contributed by atoms with van der Waals surface area (Å²) in [6.45, 7) is 0. The van der Waals surface area contributed by atoms with Crippen LogP contribution in [0.3, 0.4) is 0 Å². The highest BCUT2D eigenvalue weighted by Gasteiger charge is 2.30. The Morgan fingerprint density at radius 3 is 2.40 bits per heavy atom. The lowest BCUT2D eigenvalue weighted by molar-refractivity contribution is -0.134. The van der Waals surface area contributed by atoms with Crippen LogP contribution in [0, 0.1) is 0 Å². The van der Waals surface area contributed by atoms with Crippen LogP contribution in [0.25, 0.3) is 0 Å². The predicted molar refractivity (Wildman–Crippen MR) is 72.5 cm³/mol. The number of sulfonamides is 1. The van der Waals surface area contributed by atoms with Crippen molar-refractivity contribution in [2.45, 2.75) is 23.8 Å². The third-order valence-electron chi connectivity index (χ3n) is 2.99. The van der Waals surface area contributed by atoms with Crippen molar-refractivity contribution < 1.29 is 18.0 Å². The molecule has 108 valence electrons. The number of anilines is 1. The van der Waals surface area contributed by atoms with Crippen LogP contribution in [0.4, 0.5) is 5.69 Å². The van der Waals surface area contributed by atoms with Crippen molar-refractivity contribution in [1.29, 1.82) is 0 Å². The van der Waals surface area contributed by atoms with Crippen molar-refractivity contribution in [3.63, 3.8) is 0 Å². The van der Waals surface area contributed by atoms with Gasteiger partial charge in [-0.1, -0.05) is 0 Å². The number of nitrogens with one attached hydrogen (secondary N) is 3. The zero-order valence-electron chi connectivity index (χ0n) is 10.8. The van der Waals surface area contributed by atoms with Gasteiger partial charge < -0.3 is 5.32 Å². The minimum Gasteiger partial charge on any atom is -0.388 e. The Bertz CT molecular complexity index is 625. The summed E-state index contributed by atoms with van der Waals surface area (Å²) in [6.07, 6.45) is 0.288. The van der Waals surface area contributed by atoms with Crippen molar-refractivity contribution >= 4 is 27.5 Å². The highest BCUT2D eigenvalue weighted by atomic mass is 32.2. The van der Waals surface area contributed by atoms with Gasteiger partial charge in [-0.3, -0.25) is 14.9 Å². The summed E-state index contributed by atoms with van der Waals surface area (Å²) in [4.78, 5) is 22.6. The maximum Gasteiger partial charge on any atom is 0.244 e. The molecule has 1 aromatic carbocycles. The number of carbonyl (C=O) groups is 2. The summed E-state index contributed by atoms with van der Waals surface area (Å²) in [7, 11) is -2.06. The van der Waals surface area contributed by atoms with Gasteiger partial charge in [-0.2, -0.15) is 4.72 Å². The van der Waals surface area contributed by atoms with Gasteiger partial charge in [0.2, 0.25) is 21.8 Å². The molecule has 0 radical (unpaired) electrons. The first-order valence-electron chi connectivity index (χ1n) is 6.06. The van der Waals surface area contributed by atoms with Gasteiger partial charge in [0.15, 0.2) is 0 Å². The molecule has 0 aliphatic carbocycles. The zero-order valence-corrected chi connectivity index (χ0v) is 11.7. The highest BCUT2D eigenvalue weighted by molar-refractivity contribution is 7.89. The van der Waals surface area contributed by atoms with Crippen LogP contribution in [0.15, 0.2) is 29.2 Å². The molecule has 1 unspecified atom stereocenters. The molecule has 7 nitrogen and oxygen atoms in total. The lowest BCUT2D eigenvalue weighted by Crippen LogP contribution is -2.52. The molecule has 0 spiro atoms. The summed E-state index contributed by atoms with van der Waals surface area (Å²) in [5.41, 5.74) is 0.782. The predicted octanol–water partition coefficient (Wildman–Crippen LogP) is -0.188. The molecule has 0 bridgehead atoms. The van der Waals surface area contributed by atoms with E-state index >= 15 is 0 Å². The van der Waals surface area contributed by atoms with Gasteiger partial charge in [0.25, 0.3) is 0 Å². The monoisotopic (exact) mass is 297 g/mol. The summed E-state index contributed by atoms with van der Waals surface area (Å²) in [5.74, 6) is -1.000. The Morgan fingerprint density at radius 2 is 1.85 bits per heavy atom. The number of benzene rings is 1. The van der Waals surface area contributed by atoms with Gasteiger partial charge in [-0.25, -0.2) is 8.42 Å². The molecule has 1 fully saturated rings. The first kappa shape index (κ1) is 14.5. The lowest BCUT2D eigenvalue weighted by atomic mass is 10.1. The number of carbonyl (C=O) groups excluding carboxylic acids is 2. The van der Waals surface area contributed by atoms with Crippen LogP contribution in [-0.4, -0.2) is 33.3 Å². The largest absolute Gasteiger partial charge is 0.388 e. The average molecular weight is 297 g/mol. The second-order valence-corrected chi connectivity index (χ2v) is 6.11. The van der Waals surface area contributed by atoms with Gasteiger partial charge in [0.1, 0.15) is 6.04 Å². The molecule has 1 aliphatic rings. The van der Waals surface area contributed by atoms with Crippen LogP contribution in [0.5, 0.6) is 0 Å². The van der Waals surface area contributed by atoms with Crippen molar-refractivity contribution in [2.24, 2.45) is 0 Å². The smallest absolute Gasteiger partial charge is 0.244 e. The molecule has 0 saturated carbocycles. The van der Waals surface area contributed by atoms with Gasteiger partial charge >= 0.3 is 0 Å². The maximum absolute atomic E-state index is 12.1. The Hall–Kier alpha value is -1.93. The van der Waals surface area contributed by atoms with Crippen LogP contribution in [0.1, 0.15) is 12.8 Å². The van der Waals surface area contributed by atoms with E-state index < -0.39 is 22.0 Å². The molecular weight excluding hydrogens is 282 g/mol. The van der Waals surface area contributed by atoms with E-state index in [1.54, 1.807) is 19.2 Å². The Morgan fingerprint density at radius 1 is 1.20 bits per heavy atom. The van der Waals surface area contributed by atoms with Crippen molar-refractivity contribution in [3.8, 4) is 0 Å². The molecule has 2 rings (SSSR count). The van der Waals surface area contributed by atoms with E-state index in [2.05, 4.69) is 15.4 Å². The fourth-order valence-corrected chi connectivity index (χ4v) is 3.09. The minimum absolute atomic E-state index is 0.0706. The van der Waals surface area contributed by atoms with Crippen LogP contribution >= 0.6 is 0 Å². The quantitative estimate of drug-likeness (QED) is 0.668. The molecule has 1 aliphatic heterocycles. The Balaban J connectivity index is 2.14. The van der Waals surface area contributed by atoms with E-state index in [4.69, 9.17) is 0 Å². The zero-order chi connectivity index (χ0) is 14.8. The SMILES string of the molecule is CNc1ccc(S(=O)(=O)NC2CCC(=O)NC2=O)cc1. The first-order valence-corrected chi connectivity index (χ1v) is 7.54. The van der Waals surface area contributed by atoms with Gasteiger partial charge in [-0.05, 0) is 30.7 Å². The Kier molecular flexibility index (Phi) is 4.05. The molecule has 3 N–H and O–H groups in total. The highest BCUT2D eigenvalue weighted by Crippen LogP contribution is 2.15. The molecule has 1 saturated heterocycles. The lowest BCUT2D eigenvalue weighted by Gasteiger charge is -2.21. The van der Waals surface area contributed by atoms with Gasteiger partial charge in [0, 0.05) is 19.2 Å². The number of piperidine rings is 1. The third-order valence-corrected chi connectivity index (χ3v) is 4.48. The van der Waals surface area contributed by atoms with E-state index in [0.29, 0.717) is 0 Å². The normalized spacial score (nSPS) is 19.6. The number of rotatable bonds is 4. The number of imide groups is 1. The molecule has 2 amide bonds. The van der Waals surface area contributed by atoms with Crippen LogP contribution < -0.4 is 15.4 Å². The average Bonchev–Trinajstić information content (AvgIpc) is 2.42. The van der Waals surface area contributed by atoms with Crippen molar-refractivity contribution in [3.05, 3.63) is 24.3 Å². The molecule has 20 heavy (non-hydrogen) atoms. The number of amides is 2. The van der Waals surface area contributed by atoms with Crippen LogP contribution in [-0.2, 0) is 19.6 Å². The van der Waals surface area contributed by atoms with Crippen LogP contribution in [0.2, 0.25) is 0 Å². The molecule has 8 heteroatoms. The van der Waals surface area contributed by atoms with E-state index in [9.17, 15) is 18.0 Å². The standard InChI is InChI=1S/C12H15N3O4S/c1-13-8-2-4-9(5-3-8)20(18,19)15-10-6-7-11(16)14-12(10)17/h2-5,10,13,15H,6-7H2,1H3,(H,14,16,17). The summed E-state index contributed by atoms with van der Waals surface area (Å²) in [5, 5.41) is 4.99. The Labute approximate surface area is 116 Å². The second-order valence-electron chi connectivity index (χ2n) is 4.40. The van der Waals surface area contributed by atoms with Crippen molar-refractivity contribution in [2.75, 3.05) is 12.4 Å². The minimum atomic E-state index is -3.79. The van der Waals surface area contributed by atoms with Crippen molar-refractivity contribution in [1.82, 2.24) is 10.0 Å². The second kappa shape index (κ2) is 5.59. The summed E-state index contributed by atoms with van der Waals surface area (Å²) < 4.78 is 26.6. The van der Waals surface area contributed by atoms with E-state index in [0.717, 1.165) is 5.69 Å². The number of hydrogen-bond acceptors (Lipinski definition) is 5. The summed E-state index contributed by atoms with van der Waals surface area (Å²) in [6, 6.07) is 5.22. The van der Waals surface area contributed by atoms with E-state index in [-0.39, 0.29) is 23.6 Å². The molecule has 1 aromatic rings. The van der Waals surface area contributed by atoms with Gasteiger partial charge in [-0.15, -0.1) is 0 Å². The van der Waals surface area contributed by atoms with E-state index in [1.165, 1.54) is 12.1 Å². The molecular formula is C12H15N3O4S. The topological polar surface area (TPSA) is 104 Å². The fourth-order valence-electron chi connectivity index (χ4n) is 1.86. The molecule has 1 heterocycles.